The maximum absolute atomic E-state index is 13.3. The van der Waals surface area contributed by atoms with Gasteiger partial charge in [0.1, 0.15) is 5.82 Å². The second-order valence-electron chi connectivity index (χ2n) is 7.85. The van der Waals surface area contributed by atoms with Gasteiger partial charge in [-0.25, -0.2) is 9.40 Å². The van der Waals surface area contributed by atoms with E-state index in [4.69, 9.17) is 11.6 Å². The molecule has 1 fully saturated rings. The fourth-order valence-electron chi connectivity index (χ4n) is 4.18. The number of amides is 1. The smallest absolute Gasteiger partial charge is 0.257 e. The maximum Gasteiger partial charge on any atom is 0.257 e. The lowest BCUT2D eigenvalue weighted by Gasteiger charge is -2.34. The Balaban J connectivity index is 1.62. The van der Waals surface area contributed by atoms with Crippen LogP contribution in [0.5, 0.6) is 0 Å². The first-order chi connectivity index (χ1) is 14.0. The van der Waals surface area contributed by atoms with E-state index >= 15 is 0 Å². The fraction of sp³-hybridized carbons (Fsp3) is 0.391. The van der Waals surface area contributed by atoms with E-state index in [0.29, 0.717) is 24.0 Å². The Morgan fingerprint density at radius 2 is 1.93 bits per heavy atom. The largest absolute Gasteiger partial charge is 0.292 e. The first-order valence-corrected chi connectivity index (χ1v) is 10.5. The van der Waals surface area contributed by atoms with Crippen LogP contribution in [0.25, 0.3) is 0 Å². The van der Waals surface area contributed by atoms with Crippen molar-refractivity contribution in [2.24, 2.45) is 5.10 Å². The van der Waals surface area contributed by atoms with Gasteiger partial charge in [0.2, 0.25) is 0 Å². The number of hydrazone groups is 1. The number of benzene rings is 2. The van der Waals surface area contributed by atoms with Gasteiger partial charge in [0, 0.05) is 17.5 Å². The summed E-state index contributed by atoms with van der Waals surface area (Å²) in [6.07, 6.45) is 4.00. The molecule has 2 aliphatic rings. The predicted octanol–water partition coefficient (Wildman–Crippen LogP) is 5.03. The van der Waals surface area contributed by atoms with Crippen LogP contribution in [0, 0.1) is 5.82 Å². The van der Waals surface area contributed by atoms with Crippen LogP contribution >= 0.6 is 11.6 Å². The lowest BCUT2D eigenvalue weighted by Crippen LogP contribution is -2.44. The minimum Gasteiger partial charge on any atom is -0.292 e. The van der Waals surface area contributed by atoms with Crippen molar-refractivity contribution in [3.05, 3.63) is 70.5 Å². The summed E-state index contributed by atoms with van der Waals surface area (Å²) in [4.78, 5) is 15.5. The lowest BCUT2D eigenvalue weighted by atomic mass is 9.98. The van der Waals surface area contributed by atoms with Gasteiger partial charge in [-0.1, -0.05) is 48.4 Å². The van der Waals surface area contributed by atoms with E-state index < -0.39 is 0 Å². The summed E-state index contributed by atoms with van der Waals surface area (Å²) < 4.78 is 13.3. The van der Waals surface area contributed by atoms with Crippen molar-refractivity contribution in [2.45, 2.75) is 44.7 Å². The van der Waals surface area contributed by atoms with Crippen molar-refractivity contribution >= 4 is 23.2 Å². The number of hydrogen-bond acceptors (Lipinski definition) is 3. The van der Waals surface area contributed by atoms with Gasteiger partial charge >= 0.3 is 0 Å². The van der Waals surface area contributed by atoms with Crippen molar-refractivity contribution in [1.82, 2.24) is 9.91 Å². The van der Waals surface area contributed by atoms with Crippen LogP contribution in [0.1, 0.15) is 49.8 Å². The van der Waals surface area contributed by atoms with E-state index in [1.54, 1.807) is 17.1 Å². The molecular formula is C23H25ClFN3O. The monoisotopic (exact) mass is 413 g/mol. The summed E-state index contributed by atoms with van der Waals surface area (Å²) in [6, 6.07) is 14.0. The summed E-state index contributed by atoms with van der Waals surface area (Å²) in [7, 11) is 0. The zero-order valence-corrected chi connectivity index (χ0v) is 17.3. The van der Waals surface area contributed by atoms with Crippen molar-refractivity contribution in [2.75, 3.05) is 13.1 Å². The van der Waals surface area contributed by atoms with E-state index in [2.05, 4.69) is 16.9 Å². The summed E-state index contributed by atoms with van der Waals surface area (Å²) in [6.45, 7) is 3.46. The quantitative estimate of drug-likeness (QED) is 0.704. The van der Waals surface area contributed by atoms with Crippen molar-refractivity contribution in [3.63, 3.8) is 0 Å². The molecule has 0 unspecified atom stereocenters. The summed E-state index contributed by atoms with van der Waals surface area (Å²) in [5, 5.41) is 6.88. The van der Waals surface area contributed by atoms with Gasteiger partial charge in [-0.05, 0) is 55.6 Å². The van der Waals surface area contributed by atoms with Crippen molar-refractivity contribution in [3.8, 4) is 0 Å². The molecule has 0 spiro atoms. The number of likely N-dealkylation sites (tertiary alicyclic amines) is 1. The van der Waals surface area contributed by atoms with Gasteiger partial charge in [-0.2, -0.15) is 5.10 Å². The molecule has 2 aromatic carbocycles. The molecule has 2 aliphatic heterocycles. The van der Waals surface area contributed by atoms with Crippen LogP contribution in [0.15, 0.2) is 53.6 Å². The Bertz CT molecular complexity index is 915. The molecule has 2 atom stereocenters. The van der Waals surface area contributed by atoms with Gasteiger partial charge in [0.25, 0.3) is 5.91 Å². The number of nitrogens with zero attached hydrogens (tertiary/aromatic N) is 3. The molecule has 0 aromatic heterocycles. The topological polar surface area (TPSA) is 35.9 Å². The number of carbonyl (C=O) groups is 1. The molecule has 0 saturated carbocycles. The second-order valence-corrected chi connectivity index (χ2v) is 8.26. The highest BCUT2D eigenvalue weighted by Crippen LogP contribution is 2.36. The number of piperidine rings is 1. The zero-order chi connectivity index (χ0) is 20.4. The van der Waals surface area contributed by atoms with Crippen molar-refractivity contribution < 1.29 is 9.18 Å². The molecule has 0 N–H and O–H groups in total. The third kappa shape index (κ3) is 4.36. The molecular weight excluding hydrogens is 389 g/mol. The Labute approximate surface area is 176 Å². The summed E-state index contributed by atoms with van der Waals surface area (Å²) in [5.74, 6) is -0.317. The Morgan fingerprint density at radius 1 is 1.17 bits per heavy atom. The third-order valence-electron chi connectivity index (χ3n) is 5.89. The fourth-order valence-corrected chi connectivity index (χ4v) is 4.45. The standard InChI is InChI=1S/C23H25ClFN3O/c1-16-6-4-5-13-27(16)15-23(29)28-22(19-7-2-3-8-20(19)24)14-21(26-28)17-9-11-18(25)12-10-17/h2-3,7-12,16,22H,4-6,13-15H2,1H3/t16-,22-/m1/s1. The Morgan fingerprint density at radius 3 is 2.66 bits per heavy atom. The highest BCUT2D eigenvalue weighted by Gasteiger charge is 2.35. The van der Waals surface area contributed by atoms with Crippen LogP contribution in [0.3, 0.4) is 0 Å². The zero-order valence-electron chi connectivity index (χ0n) is 16.5. The lowest BCUT2D eigenvalue weighted by molar-refractivity contribution is -0.135. The van der Waals surface area contributed by atoms with E-state index in [1.165, 1.54) is 18.6 Å². The van der Waals surface area contributed by atoms with Gasteiger partial charge < -0.3 is 0 Å². The minimum atomic E-state index is -0.290. The van der Waals surface area contributed by atoms with Crippen LogP contribution in [-0.4, -0.2) is 40.7 Å². The number of rotatable bonds is 4. The number of halogens is 2. The molecule has 6 heteroatoms. The molecule has 4 rings (SSSR count). The molecule has 1 amide bonds. The summed E-state index contributed by atoms with van der Waals surface area (Å²) in [5.41, 5.74) is 2.48. The molecule has 2 aromatic rings. The summed E-state index contributed by atoms with van der Waals surface area (Å²) >= 11 is 6.45. The molecule has 0 aliphatic carbocycles. The van der Waals surface area contributed by atoms with E-state index in [0.717, 1.165) is 36.2 Å². The Hall–Kier alpha value is -2.24. The maximum atomic E-state index is 13.3. The van der Waals surface area contributed by atoms with Crippen LogP contribution in [-0.2, 0) is 4.79 Å². The third-order valence-corrected chi connectivity index (χ3v) is 6.23. The van der Waals surface area contributed by atoms with E-state index in [9.17, 15) is 9.18 Å². The average Bonchev–Trinajstić information content (AvgIpc) is 3.16. The van der Waals surface area contributed by atoms with Gasteiger partial charge in [0.05, 0.1) is 18.3 Å². The first-order valence-electron chi connectivity index (χ1n) is 10.2. The SMILES string of the molecule is C[C@@H]1CCCCN1CC(=O)N1N=C(c2ccc(F)cc2)C[C@@H]1c1ccccc1Cl. The molecule has 4 nitrogen and oxygen atoms in total. The Kier molecular flexibility index (Phi) is 5.97. The van der Waals surface area contributed by atoms with E-state index in [1.807, 2.05) is 24.3 Å². The van der Waals surface area contributed by atoms with Gasteiger partial charge in [0.15, 0.2) is 0 Å². The molecule has 29 heavy (non-hydrogen) atoms. The molecule has 2 heterocycles. The normalized spacial score (nSPS) is 22.6. The highest BCUT2D eigenvalue weighted by molar-refractivity contribution is 6.31. The van der Waals surface area contributed by atoms with Crippen LogP contribution < -0.4 is 0 Å². The molecule has 0 bridgehead atoms. The average molecular weight is 414 g/mol. The molecule has 152 valence electrons. The second kappa shape index (κ2) is 8.64. The van der Waals surface area contributed by atoms with Gasteiger partial charge in [-0.3, -0.25) is 9.69 Å². The molecule has 1 saturated heterocycles. The van der Waals surface area contributed by atoms with Crippen LogP contribution in [0.2, 0.25) is 5.02 Å². The number of hydrogen-bond donors (Lipinski definition) is 0. The molecule has 0 radical (unpaired) electrons. The van der Waals surface area contributed by atoms with Gasteiger partial charge in [-0.15, -0.1) is 0 Å². The predicted molar refractivity (Wildman–Crippen MR) is 113 cm³/mol. The highest BCUT2D eigenvalue weighted by atomic mass is 35.5. The van der Waals surface area contributed by atoms with Crippen LogP contribution in [0.4, 0.5) is 4.39 Å². The number of carbonyl (C=O) groups excluding carboxylic acids is 1. The van der Waals surface area contributed by atoms with Crippen molar-refractivity contribution in [1.29, 1.82) is 0 Å². The minimum absolute atomic E-state index is 0.0271. The first kappa shape index (κ1) is 20.0. The van der Waals surface area contributed by atoms with E-state index in [-0.39, 0.29) is 17.8 Å².